The van der Waals surface area contributed by atoms with Crippen LogP contribution in [0.3, 0.4) is 0 Å². The van der Waals surface area contributed by atoms with E-state index < -0.39 is 5.60 Å². The molecule has 0 radical (unpaired) electrons. The highest BCUT2D eigenvalue weighted by Crippen LogP contribution is 2.17. The number of nitrogens with one attached hydrogen (secondary N) is 1. The van der Waals surface area contributed by atoms with Crippen LogP contribution in [-0.2, 0) is 11.3 Å². The number of ether oxygens (including phenoxy) is 1. The third-order valence-corrected chi connectivity index (χ3v) is 4.10. The van der Waals surface area contributed by atoms with Crippen LogP contribution in [0.2, 0.25) is 0 Å². The van der Waals surface area contributed by atoms with Crippen LogP contribution in [0.15, 0.2) is 30.3 Å². The molecule has 1 saturated heterocycles. The molecule has 5 nitrogen and oxygen atoms in total. The Bertz CT molecular complexity index is 493. The lowest BCUT2D eigenvalue weighted by Crippen LogP contribution is -2.50. The first kappa shape index (κ1) is 17.8. The fraction of sp³-hybridized carbons (Fsp3) is 0.611. The Kier molecular flexibility index (Phi) is 6.02. The molecule has 0 bridgehead atoms. The minimum atomic E-state index is -0.939. The van der Waals surface area contributed by atoms with Gasteiger partial charge in [-0.1, -0.05) is 30.3 Å². The number of rotatable bonds is 6. The molecule has 2 amide bonds. The SMILES string of the molecule is C[C@H](NC(=O)N(Cc1ccccc1)CC(C)(C)O)[C@@H]1CCOC1. The predicted molar refractivity (Wildman–Crippen MR) is 90.1 cm³/mol. The Labute approximate surface area is 138 Å². The van der Waals surface area contributed by atoms with Gasteiger partial charge in [-0.15, -0.1) is 0 Å². The molecule has 2 rings (SSSR count). The van der Waals surface area contributed by atoms with Crippen LogP contribution in [0.4, 0.5) is 4.79 Å². The lowest BCUT2D eigenvalue weighted by Gasteiger charge is -2.31. The van der Waals surface area contributed by atoms with Gasteiger partial charge in [-0.05, 0) is 32.8 Å². The molecule has 128 valence electrons. The van der Waals surface area contributed by atoms with Gasteiger partial charge < -0.3 is 20.1 Å². The summed E-state index contributed by atoms with van der Waals surface area (Å²) >= 11 is 0. The standard InChI is InChI=1S/C18H28N2O3/c1-14(16-9-10-23-12-16)19-17(21)20(13-18(2,3)22)11-15-7-5-4-6-8-15/h4-8,14,16,22H,9-13H2,1-3H3,(H,19,21)/t14-,16+/m0/s1. The van der Waals surface area contributed by atoms with E-state index in [9.17, 15) is 9.90 Å². The molecule has 0 unspecified atom stereocenters. The number of benzene rings is 1. The Morgan fingerprint density at radius 1 is 1.43 bits per heavy atom. The Balaban J connectivity index is 2.01. The number of hydrogen-bond acceptors (Lipinski definition) is 3. The van der Waals surface area contributed by atoms with Crippen LogP contribution < -0.4 is 5.32 Å². The van der Waals surface area contributed by atoms with Crippen molar-refractivity contribution in [3.63, 3.8) is 0 Å². The van der Waals surface area contributed by atoms with Crippen molar-refractivity contribution >= 4 is 6.03 Å². The van der Waals surface area contributed by atoms with Gasteiger partial charge in [0.05, 0.1) is 18.8 Å². The van der Waals surface area contributed by atoms with Crippen molar-refractivity contribution in [1.29, 1.82) is 0 Å². The van der Waals surface area contributed by atoms with Crippen LogP contribution in [0.25, 0.3) is 0 Å². The second kappa shape index (κ2) is 7.79. The first-order valence-corrected chi connectivity index (χ1v) is 8.24. The number of carbonyl (C=O) groups is 1. The molecule has 0 saturated carbocycles. The zero-order chi connectivity index (χ0) is 16.9. The highest BCUT2D eigenvalue weighted by molar-refractivity contribution is 5.74. The van der Waals surface area contributed by atoms with Crippen molar-refractivity contribution < 1.29 is 14.6 Å². The molecule has 5 heteroatoms. The summed E-state index contributed by atoms with van der Waals surface area (Å²) in [6, 6.07) is 9.74. The van der Waals surface area contributed by atoms with Gasteiger partial charge in [-0.3, -0.25) is 0 Å². The van der Waals surface area contributed by atoms with E-state index in [-0.39, 0.29) is 18.6 Å². The first-order chi connectivity index (χ1) is 10.8. The summed E-state index contributed by atoms with van der Waals surface area (Å²) in [5, 5.41) is 13.2. The number of amides is 2. The summed E-state index contributed by atoms with van der Waals surface area (Å²) in [6.07, 6.45) is 0.978. The second-order valence-corrected chi connectivity index (χ2v) is 7.02. The maximum atomic E-state index is 12.7. The van der Waals surface area contributed by atoms with E-state index >= 15 is 0 Å². The molecule has 1 aliphatic rings. The number of carbonyl (C=O) groups excluding carboxylic acids is 1. The lowest BCUT2D eigenvalue weighted by molar-refractivity contribution is 0.0438. The third kappa shape index (κ3) is 5.84. The molecule has 1 aromatic carbocycles. The Hall–Kier alpha value is -1.59. The van der Waals surface area contributed by atoms with E-state index in [1.165, 1.54) is 0 Å². The lowest BCUT2D eigenvalue weighted by atomic mass is 10.0. The van der Waals surface area contributed by atoms with Crippen molar-refractivity contribution in [2.75, 3.05) is 19.8 Å². The summed E-state index contributed by atoms with van der Waals surface area (Å²) in [7, 11) is 0. The van der Waals surface area contributed by atoms with Gasteiger partial charge in [0.1, 0.15) is 0 Å². The summed E-state index contributed by atoms with van der Waals surface area (Å²) in [5.41, 5.74) is 0.106. The fourth-order valence-electron chi connectivity index (χ4n) is 2.82. The van der Waals surface area contributed by atoms with E-state index in [0.717, 1.165) is 18.6 Å². The van der Waals surface area contributed by atoms with E-state index in [2.05, 4.69) is 5.32 Å². The van der Waals surface area contributed by atoms with Gasteiger partial charge >= 0.3 is 6.03 Å². The molecule has 0 spiro atoms. The molecule has 2 N–H and O–H groups in total. The minimum Gasteiger partial charge on any atom is -0.389 e. The molecule has 1 aliphatic heterocycles. The Morgan fingerprint density at radius 3 is 2.70 bits per heavy atom. The van der Waals surface area contributed by atoms with Crippen molar-refractivity contribution in [2.45, 2.75) is 45.4 Å². The quantitative estimate of drug-likeness (QED) is 0.846. The summed E-state index contributed by atoms with van der Waals surface area (Å²) in [6.45, 7) is 7.67. The van der Waals surface area contributed by atoms with Gasteiger partial charge in [0, 0.05) is 25.1 Å². The molecule has 1 heterocycles. The van der Waals surface area contributed by atoms with Crippen LogP contribution in [0.1, 0.15) is 32.8 Å². The molecular weight excluding hydrogens is 292 g/mol. The van der Waals surface area contributed by atoms with Gasteiger partial charge in [0.25, 0.3) is 0 Å². The summed E-state index contributed by atoms with van der Waals surface area (Å²) < 4.78 is 5.39. The fourth-order valence-corrected chi connectivity index (χ4v) is 2.82. The van der Waals surface area contributed by atoms with E-state index in [4.69, 9.17) is 4.74 Å². The average Bonchev–Trinajstić information content (AvgIpc) is 3.00. The second-order valence-electron chi connectivity index (χ2n) is 7.02. The van der Waals surface area contributed by atoms with Gasteiger partial charge in [-0.25, -0.2) is 4.79 Å². The van der Waals surface area contributed by atoms with Crippen molar-refractivity contribution in [3.8, 4) is 0 Å². The van der Waals surface area contributed by atoms with Crippen LogP contribution >= 0.6 is 0 Å². The highest BCUT2D eigenvalue weighted by atomic mass is 16.5. The molecule has 0 aliphatic carbocycles. The van der Waals surface area contributed by atoms with E-state index in [0.29, 0.717) is 19.1 Å². The topological polar surface area (TPSA) is 61.8 Å². The smallest absolute Gasteiger partial charge is 0.318 e. The van der Waals surface area contributed by atoms with Gasteiger partial charge in [0.15, 0.2) is 0 Å². The molecule has 2 atom stereocenters. The highest BCUT2D eigenvalue weighted by Gasteiger charge is 2.27. The molecule has 1 fully saturated rings. The van der Waals surface area contributed by atoms with Crippen LogP contribution in [0, 0.1) is 5.92 Å². The number of nitrogens with zero attached hydrogens (tertiary/aromatic N) is 1. The van der Waals surface area contributed by atoms with Crippen LogP contribution in [0.5, 0.6) is 0 Å². The monoisotopic (exact) mass is 320 g/mol. The summed E-state index contributed by atoms with van der Waals surface area (Å²) in [4.78, 5) is 14.3. The van der Waals surface area contributed by atoms with Crippen molar-refractivity contribution in [3.05, 3.63) is 35.9 Å². The van der Waals surface area contributed by atoms with Crippen molar-refractivity contribution in [1.82, 2.24) is 10.2 Å². The molecule has 1 aromatic rings. The zero-order valence-corrected chi connectivity index (χ0v) is 14.3. The number of urea groups is 1. The maximum Gasteiger partial charge on any atom is 0.318 e. The largest absolute Gasteiger partial charge is 0.389 e. The first-order valence-electron chi connectivity index (χ1n) is 8.24. The molecule has 0 aromatic heterocycles. The van der Waals surface area contributed by atoms with E-state index in [1.54, 1.807) is 18.7 Å². The van der Waals surface area contributed by atoms with Crippen molar-refractivity contribution in [2.24, 2.45) is 5.92 Å². The van der Waals surface area contributed by atoms with Crippen LogP contribution in [-0.4, -0.2) is 47.4 Å². The van der Waals surface area contributed by atoms with Gasteiger partial charge in [0.2, 0.25) is 0 Å². The zero-order valence-electron chi connectivity index (χ0n) is 14.3. The average molecular weight is 320 g/mol. The third-order valence-electron chi connectivity index (χ3n) is 4.10. The number of hydrogen-bond donors (Lipinski definition) is 2. The molecular formula is C18H28N2O3. The predicted octanol–water partition coefficient (Wildman–Crippen LogP) is 2.39. The van der Waals surface area contributed by atoms with E-state index in [1.807, 2.05) is 37.3 Å². The number of aliphatic hydroxyl groups is 1. The minimum absolute atomic E-state index is 0.0603. The summed E-state index contributed by atoms with van der Waals surface area (Å²) in [5.74, 6) is 0.361. The Morgan fingerprint density at radius 2 is 2.13 bits per heavy atom. The normalized spacial score (nSPS) is 19.4. The molecule has 23 heavy (non-hydrogen) atoms. The maximum absolute atomic E-state index is 12.7. The van der Waals surface area contributed by atoms with Gasteiger partial charge in [-0.2, -0.15) is 0 Å².